The van der Waals surface area contributed by atoms with Crippen LogP contribution in [0.4, 0.5) is 4.39 Å². The third kappa shape index (κ3) is 3.30. The third-order valence-electron chi connectivity index (χ3n) is 3.09. The molecule has 1 atom stereocenters. The summed E-state index contributed by atoms with van der Waals surface area (Å²) < 4.78 is 18.3. The fourth-order valence-corrected chi connectivity index (χ4v) is 2.21. The molecule has 102 valence electrons. The minimum atomic E-state index is -0.242. The van der Waals surface area contributed by atoms with E-state index in [9.17, 15) is 4.39 Å². The number of hydrogen-bond donors (Lipinski definition) is 1. The van der Waals surface area contributed by atoms with E-state index in [0.29, 0.717) is 18.1 Å². The van der Waals surface area contributed by atoms with Crippen molar-refractivity contribution in [1.82, 2.24) is 15.5 Å². The van der Waals surface area contributed by atoms with E-state index >= 15 is 0 Å². The lowest BCUT2D eigenvalue weighted by molar-refractivity contribution is 0.341. The zero-order valence-electron chi connectivity index (χ0n) is 10.3. The molecule has 19 heavy (non-hydrogen) atoms. The first-order valence-corrected chi connectivity index (χ1v) is 6.11. The predicted octanol–water partition coefficient (Wildman–Crippen LogP) is 2.65. The highest BCUT2D eigenvalue weighted by Gasteiger charge is 2.22. The molecule has 1 saturated heterocycles. The maximum Gasteiger partial charge on any atom is 0.243 e. The van der Waals surface area contributed by atoms with Crippen molar-refractivity contribution in [3.8, 4) is 0 Å². The van der Waals surface area contributed by atoms with Crippen molar-refractivity contribution in [3.63, 3.8) is 0 Å². The standard InChI is InChI=1S/C13H14FN3O.ClH/c14-10-4-1-3-9(7-10)8-12-16-13(18-17-12)11-5-2-6-15-11;/h1,3-4,7,11,15H,2,5-6,8H2;1H. The van der Waals surface area contributed by atoms with Gasteiger partial charge in [-0.05, 0) is 37.1 Å². The second-order valence-electron chi connectivity index (χ2n) is 4.50. The van der Waals surface area contributed by atoms with Crippen molar-refractivity contribution in [2.24, 2.45) is 0 Å². The number of aromatic nitrogens is 2. The lowest BCUT2D eigenvalue weighted by Crippen LogP contribution is -2.13. The van der Waals surface area contributed by atoms with E-state index in [4.69, 9.17) is 4.52 Å². The fraction of sp³-hybridized carbons (Fsp3) is 0.385. The molecule has 2 aromatic rings. The molecule has 0 saturated carbocycles. The molecule has 1 aliphatic rings. The number of nitrogens with zero attached hydrogens (tertiary/aromatic N) is 2. The summed E-state index contributed by atoms with van der Waals surface area (Å²) in [4.78, 5) is 4.35. The number of benzene rings is 1. The van der Waals surface area contributed by atoms with Crippen LogP contribution < -0.4 is 5.32 Å². The number of halogens is 2. The van der Waals surface area contributed by atoms with Crippen molar-refractivity contribution in [1.29, 1.82) is 0 Å². The van der Waals surface area contributed by atoms with Gasteiger partial charge < -0.3 is 9.84 Å². The van der Waals surface area contributed by atoms with Crippen molar-refractivity contribution >= 4 is 12.4 Å². The van der Waals surface area contributed by atoms with Gasteiger partial charge in [-0.15, -0.1) is 12.4 Å². The van der Waals surface area contributed by atoms with Crippen LogP contribution in [-0.4, -0.2) is 16.7 Å². The van der Waals surface area contributed by atoms with Gasteiger partial charge >= 0.3 is 0 Å². The van der Waals surface area contributed by atoms with Gasteiger partial charge in [0.05, 0.1) is 6.04 Å². The van der Waals surface area contributed by atoms with Crippen LogP contribution in [0.1, 0.15) is 36.2 Å². The molecule has 1 aliphatic heterocycles. The summed E-state index contributed by atoms with van der Waals surface area (Å²) in [6, 6.07) is 6.63. The van der Waals surface area contributed by atoms with Crippen molar-refractivity contribution < 1.29 is 8.91 Å². The quantitative estimate of drug-likeness (QED) is 0.941. The fourth-order valence-electron chi connectivity index (χ4n) is 2.21. The van der Waals surface area contributed by atoms with Crippen LogP contribution in [0.5, 0.6) is 0 Å². The van der Waals surface area contributed by atoms with Crippen LogP contribution in [0.25, 0.3) is 0 Å². The predicted molar refractivity (Wildman–Crippen MR) is 70.7 cm³/mol. The first-order chi connectivity index (χ1) is 8.81. The third-order valence-corrected chi connectivity index (χ3v) is 3.09. The van der Waals surface area contributed by atoms with Crippen LogP contribution >= 0.6 is 12.4 Å². The van der Waals surface area contributed by atoms with E-state index in [0.717, 1.165) is 24.9 Å². The Kier molecular flexibility index (Phi) is 4.50. The summed E-state index contributed by atoms with van der Waals surface area (Å²) in [5, 5.41) is 7.24. The highest BCUT2D eigenvalue weighted by atomic mass is 35.5. The highest BCUT2D eigenvalue weighted by Crippen LogP contribution is 2.21. The van der Waals surface area contributed by atoms with E-state index in [1.807, 2.05) is 6.07 Å². The van der Waals surface area contributed by atoms with Gasteiger partial charge in [-0.3, -0.25) is 0 Å². The maximum absolute atomic E-state index is 13.0. The summed E-state index contributed by atoms with van der Waals surface area (Å²) in [6.07, 6.45) is 2.65. The lowest BCUT2D eigenvalue weighted by Gasteiger charge is -2.01. The van der Waals surface area contributed by atoms with Crippen molar-refractivity contribution in [3.05, 3.63) is 47.4 Å². The smallest absolute Gasteiger partial charge is 0.243 e. The molecular formula is C13H15ClFN3O. The Morgan fingerprint density at radius 3 is 3.05 bits per heavy atom. The molecule has 0 amide bonds. The Morgan fingerprint density at radius 1 is 1.42 bits per heavy atom. The molecule has 0 radical (unpaired) electrons. The molecule has 1 unspecified atom stereocenters. The molecule has 0 bridgehead atoms. The molecule has 2 heterocycles. The van der Waals surface area contributed by atoms with Gasteiger partial charge in [0, 0.05) is 6.42 Å². The van der Waals surface area contributed by atoms with E-state index < -0.39 is 0 Å². The van der Waals surface area contributed by atoms with Gasteiger partial charge in [0.1, 0.15) is 5.82 Å². The Bertz CT molecular complexity index is 540. The molecule has 6 heteroatoms. The summed E-state index contributed by atoms with van der Waals surface area (Å²) in [7, 11) is 0. The molecule has 1 aromatic carbocycles. The zero-order valence-corrected chi connectivity index (χ0v) is 11.1. The van der Waals surface area contributed by atoms with Gasteiger partial charge in [0.25, 0.3) is 0 Å². The first kappa shape index (κ1) is 14.0. The number of hydrogen-bond acceptors (Lipinski definition) is 4. The molecule has 1 fully saturated rings. The topological polar surface area (TPSA) is 51.0 Å². The Balaban J connectivity index is 0.00000133. The van der Waals surface area contributed by atoms with Crippen LogP contribution in [0.15, 0.2) is 28.8 Å². The van der Waals surface area contributed by atoms with Gasteiger partial charge in [0.2, 0.25) is 5.89 Å². The van der Waals surface area contributed by atoms with E-state index in [-0.39, 0.29) is 24.3 Å². The van der Waals surface area contributed by atoms with Gasteiger partial charge in [-0.2, -0.15) is 4.98 Å². The number of rotatable bonds is 3. The SMILES string of the molecule is Cl.Fc1cccc(Cc2noc(C3CCCN3)n2)c1. The lowest BCUT2D eigenvalue weighted by atomic mass is 10.1. The summed E-state index contributed by atoms with van der Waals surface area (Å²) in [6.45, 7) is 0.992. The van der Waals surface area contributed by atoms with Crippen molar-refractivity contribution in [2.75, 3.05) is 6.54 Å². The van der Waals surface area contributed by atoms with Crippen molar-refractivity contribution in [2.45, 2.75) is 25.3 Å². The van der Waals surface area contributed by atoms with Gasteiger partial charge in [0.15, 0.2) is 5.82 Å². The maximum atomic E-state index is 13.0. The minimum Gasteiger partial charge on any atom is -0.338 e. The summed E-state index contributed by atoms with van der Waals surface area (Å²) >= 11 is 0. The van der Waals surface area contributed by atoms with Gasteiger partial charge in [-0.25, -0.2) is 4.39 Å². The molecule has 3 rings (SSSR count). The van der Waals surface area contributed by atoms with Crippen LogP contribution in [0.3, 0.4) is 0 Å². The zero-order chi connectivity index (χ0) is 12.4. The average Bonchev–Trinajstić information content (AvgIpc) is 2.98. The first-order valence-electron chi connectivity index (χ1n) is 6.11. The molecule has 0 spiro atoms. The van der Waals surface area contributed by atoms with E-state index in [1.54, 1.807) is 6.07 Å². The molecule has 0 aliphatic carbocycles. The normalized spacial score (nSPS) is 18.3. The Labute approximate surface area is 116 Å². The largest absolute Gasteiger partial charge is 0.338 e. The number of nitrogens with one attached hydrogen (secondary N) is 1. The second-order valence-corrected chi connectivity index (χ2v) is 4.50. The summed E-state index contributed by atoms with van der Waals surface area (Å²) in [5.74, 6) is 0.997. The van der Waals surface area contributed by atoms with Gasteiger partial charge in [-0.1, -0.05) is 17.3 Å². The Morgan fingerprint density at radius 2 is 2.32 bits per heavy atom. The average molecular weight is 284 g/mol. The van der Waals surface area contributed by atoms with Crippen LogP contribution in [0, 0.1) is 5.82 Å². The minimum absolute atomic E-state index is 0. The second kappa shape index (κ2) is 6.12. The molecule has 1 aromatic heterocycles. The highest BCUT2D eigenvalue weighted by molar-refractivity contribution is 5.85. The van der Waals surface area contributed by atoms with E-state index in [1.165, 1.54) is 12.1 Å². The summed E-state index contributed by atoms with van der Waals surface area (Å²) in [5.41, 5.74) is 0.849. The molecular weight excluding hydrogens is 269 g/mol. The monoisotopic (exact) mass is 283 g/mol. The molecule has 4 nitrogen and oxygen atoms in total. The van der Waals surface area contributed by atoms with Crippen LogP contribution in [0.2, 0.25) is 0 Å². The van der Waals surface area contributed by atoms with E-state index in [2.05, 4.69) is 15.5 Å². The molecule has 1 N–H and O–H groups in total. The van der Waals surface area contributed by atoms with Crippen LogP contribution in [-0.2, 0) is 6.42 Å². The Hall–Kier alpha value is -1.46.